The van der Waals surface area contributed by atoms with Crippen LogP contribution in [0.15, 0.2) is 0 Å². The molecule has 3 N–H and O–H groups in total. The minimum absolute atomic E-state index is 0.968. The van der Waals surface area contributed by atoms with Crippen LogP contribution < -0.4 is 16.0 Å². The van der Waals surface area contributed by atoms with Crippen LogP contribution in [0.2, 0.25) is 0 Å². The third-order valence-electron chi connectivity index (χ3n) is 4.99. The van der Waals surface area contributed by atoms with E-state index in [9.17, 15) is 0 Å². The second-order valence-corrected chi connectivity index (χ2v) is 8.09. The Morgan fingerprint density at radius 3 is 1.63 bits per heavy atom. The average molecular weight is 403 g/mol. The van der Waals surface area contributed by atoms with Gasteiger partial charge < -0.3 is 20.9 Å². The highest BCUT2D eigenvalue weighted by Crippen LogP contribution is 2.06. The molecule has 0 aromatic rings. The summed E-state index contributed by atoms with van der Waals surface area (Å²) in [5, 5.41) is 10.6. The molecule has 0 atom stereocenters. The molecule has 5 heteroatoms. The molecule has 0 amide bonds. The summed E-state index contributed by atoms with van der Waals surface area (Å²) >= 11 is 4.41. The molecule has 164 valence electrons. The van der Waals surface area contributed by atoms with E-state index >= 15 is 0 Å². The Morgan fingerprint density at radius 1 is 0.519 bits per heavy atom. The van der Waals surface area contributed by atoms with E-state index < -0.39 is 0 Å². The lowest BCUT2D eigenvalue weighted by Gasteiger charge is -2.21. The van der Waals surface area contributed by atoms with E-state index in [1.54, 1.807) is 0 Å². The van der Waals surface area contributed by atoms with Gasteiger partial charge in [0.25, 0.3) is 0 Å². The van der Waals surface area contributed by atoms with Gasteiger partial charge in [-0.1, -0.05) is 52.4 Å². The van der Waals surface area contributed by atoms with Crippen molar-refractivity contribution in [3.8, 4) is 0 Å². The standard InChI is InChI=1S/C22H50N4S/c1-3-5-13-23-16-17-24-15-11-9-7-8-10-12-19-26(21-22-27)20-18-25-14-6-4-2/h23-25,27H,3-22H2,1-2H3. The van der Waals surface area contributed by atoms with E-state index in [0.717, 1.165) is 38.5 Å². The number of unbranched alkanes of at least 4 members (excludes halogenated alkanes) is 7. The Balaban J connectivity index is 3.32. The van der Waals surface area contributed by atoms with Crippen molar-refractivity contribution in [1.29, 1.82) is 0 Å². The van der Waals surface area contributed by atoms with Gasteiger partial charge in [0.2, 0.25) is 0 Å². The van der Waals surface area contributed by atoms with Crippen molar-refractivity contribution in [2.24, 2.45) is 0 Å². The number of rotatable bonds is 23. The molecule has 0 saturated carbocycles. The van der Waals surface area contributed by atoms with E-state index in [1.807, 2.05) is 0 Å². The molecule has 0 saturated heterocycles. The molecule has 0 aliphatic carbocycles. The topological polar surface area (TPSA) is 39.3 Å². The maximum Gasteiger partial charge on any atom is 0.0107 e. The fourth-order valence-electron chi connectivity index (χ4n) is 3.16. The fourth-order valence-corrected chi connectivity index (χ4v) is 3.44. The highest BCUT2D eigenvalue weighted by atomic mass is 32.1. The summed E-state index contributed by atoms with van der Waals surface area (Å²) in [6.45, 7) is 14.9. The first-order chi connectivity index (χ1) is 13.3. The van der Waals surface area contributed by atoms with Crippen molar-refractivity contribution >= 4 is 12.6 Å². The number of nitrogens with zero attached hydrogens (tertiary/aromatic N) is 1. The normalized spacial score (nSPS) is 11.6. The van der Waals surface area contributed by atoms with E-state index in [-0.39, 0.29) is 0 Å². The Hall–Kier alpha value is 0.190. The first-order valence-electron chi connectivity index (χ1n) is 11.8. The zero-order chi connectivity index (χ0) is 19.8. The van der Waals surface area contributed by atoms with Crippen LogP contribution in [0.3, 0.4) is 0 Å². The van der Waals surface area contributed by atoms with Crippen LogP contribution in [0.1, 0.15) is 78.1 Å². The van der Waals surface area contributed by atoms with Crippen LogP contribution in [-0.4, -0.2) is 69.6 Å². The lowest BCUT2D eigenvalue weighted by Crippen LogP contribution is -2.34. The van der Waals surface area contributed by atoms with Gasteiger partial charge in [-0.2, -0.15) is 12.6 Å². The van der Waals surface area contributed by atoms with Gasteiger partial charge in [-0.05, 0) is 51.9 Å². The van der Waals surface area contributed by atoms with Crippen molar-refractivity contribution < 1.29 is 0 Å². The highest BCUT2D eigenvalue weighted by molar-refractivity contribution is 7.80. The van der Waals surface area contributed by atoms with Crippen molar-refractivity contribution in [1.82, 2.24) is 20.9 Å². The minimum Gasteiger partial charge on any atom is -0.315 e. The zero-order valence-electron chi connectivity index (χ0n) is 18.5. The monoisotopic (exact) mass is 402 g/mol. The molecular formula is C22H50N4S. The van der Waals surface area contributed by atoms with Crippen molar-refractivity contribution in [2.75, 3.05) is 64.7 Å². The van der Waals surface area contributed by atoms with Crippen LogP contribution in [0.5, 0.6) is 0 Å². The molecule has 0 rings (SSSR count). The average Bonchev–Trinajstić information content (AvgIpc) is 2.68. The molecule has 0 fully saturated rings. The van der Waals surface area contributed by atoms with Gasteiger partial charge in [0.1, 0.15) is 0 Å². The van der Waals surface area contributed by atoms with Crippen LogP contribution in [0.4, 0.5) is 0 Å². The Morgan fingerprint density at radius 2 is 1.04 bits per heavy atom. The van der Waals surface area contributed by atoms with Crippen molar-refractivity contribution in [2.45, 2.75) is 78.1 Å². The van der Waals surface area contributed by atoms with E-state index in [0.29, 0.717) is 0 Å². The summed E-state index contributed by atoms with van der Waals surface area (Å²) in [7, 11) is 0. The van der Waals surface area contributed by atoms with Gasteiger partial charge in [-0.15, -0.1) is 0 Å². The van der Waals surface area contributed by atoms with Crippen LogP contribution in [0, 0.1) is 0 Å². The molecule has 0 spiro atoms. The SMILES string of the molecule is CCCCNCCNCCCCCCCCN(CCS)CCNCCCC. The lowest BCUT2D eigenvalue weighted by molar-refractivity contribution is 0.282. The Bertz CT molecular complexity index is 267. The molecule has 0 aliphatic heterocycles. The quantitative estimate of drug-likeness (QED) is 0.154. The molecule has 0 bridgehead atoms. The zero-order valence-corrected chi connectivity index (χ0v) is 19.4. The highest BCUT2D eigenvalue weighted by Gasteiger charge is 2.03. The second-order valence-electron chi connectivity index (χ2n) is 7.64. The molecule has 0 aromatic heterocycles. The number of hydrogen-bond acceptors (Lipinski definition) is 5. The molecule has 0 aliphatic rings. The van der Waals surface area contributed by atoms with Gasteiger partial charge in [0.05, 0.1) is 0 Å². The summed E-state index contributed by atoms with van der Waals surface area (Å²) in [5.41, 5.74) is 0. The van der Waals surface area contributed by atoms with Gasteiger partial charge >= 0.3 is 0 Å². The molecular weight excluding hydrogens is 352 g/mol. The smallest absolute Gasteiger partial charge is 0.0107 e. The molecule has 0 radical (unpaired) electrons. The largest absolute Gasteiger partial charge is 0.315 e. The van der Waals surface area contributed by atoms with Crippen LogP contribution >= 0.6 is 12.6 Å². The molecule has 0 unspecified atom stereocenters. The summed E-state index contributed by atoms with van der Waals surface area (Å²) < 4.78 is 0. The molecule has 0 aromatic carbocycles. The molecule has 27 heavy (non-hydrogen) atoms. The predicted octanol–water partition coefficient (Wildman–Crippen LogP) is 3.93. The van der Waals surface area contributed by atoms with E-state index in [1.165, 1.54) is 90.4 Å². The summed E-state index contributed by atoms with van der Waals surface area (Å²) in [6.07, 6.45) is 13.3. The predicted molar refractivity (Wildman–Crippen MR) is 126 cm³/mol. The molecule has 4 nitrogen and oxygen atoms in total. The maximum absolute atomic E-state index is 4.41. The lowest BCUT2D eigenvalue weighted by atomic mass is 10.1. The third-order valence-corrected chi connectivity index (χ3v) is 5.19. The van der Waals surface area contributed by atoms with Crippen molar-refractivity contribution in [3.05, 3.63) is 0 Å². The number of hydrogen-bond donors (Lipinski definition) is 4. The Kier molecular flexibility index (Phi) is 24.4. The summed E-state index contributed by atoms with van der Waals surface area (Å²) in [6, 6.07) is 0. The molecule has 0 heterocycles. The third kappa shape index (κ3) is 22.3. The first kappa shape index (κ1) is 27.2. The van der Waals surface area contributed by atoms with Crippen LogP contribution in [-0.2, 0) is 0 Å². The Labute approximate surface area is 176 Å². The number of nitrogens with one attached hydrogen (secondary N) is 3. The minimum atomic E-state index is 0.968. The fraction of sp³-hybridized carbons (Fsp3) is 1.00. The van der Waals surface area contributed by atoms with E-state index in [2.05, 4.69) is 47.3 Å². The maximum atomic E-state index is 4.41. The van der Waals surface area contributed by atoms with E-state index in [4.69, 9.17) is 0 Å². The van der Waals surface area contributed by atoms with Gasteiger partial charge in [0.15, 0.2) is 0 Å². The van der Waals surface area contributed by atoms with Crippen LogP contribution in [0.25, 0.3) is 0 Å². The van der Waals surface area contributed by atoms with Gasteiger partial charge in [0, 0.05) is 38.5 Å². The number of thiol groups is 1. The first-order valence-corrected chi connectivity index (χ1v) is 12.4. The van der Waals surface area contributed by atoms with Gasteiger partial charge in [-0.3, -0.25) is 0 Å². The van der Waals surface area contributed by atoms with Crippen molar-refractivity contribution in [3.63, 3.8) is 0 Å². The van der Waals surface area contributed by atoms with Gasteiger partial charge in [-0.25, -0.2) is 0 Å². The summed E-state index contributed by atoms with van der Waals surface area (Å²) in [4.78, 5) is 2.57. The second kappa shape index (κ2) is 24.2. The summed E-state index contributed by atoms with van der Waals surface area (Å²) in [5.74, 6) is 0.968.